The molecule has 0 bridgehead atoms. The third-order valence-electron chi connectivity index (χ3n) is 3.72. The maximum atomic E-state index is 12.3. The minimum Gasteiger partial charge on any atom is -0.497 e. The summed E-state index contributed by atoms with van der Waals surface area (Å²) < 4.78 is 15.7. The topological polar surface area (TPSA) is 73.6 Å². The number of aromatic nitrogens is 1. The van der Waals surface area contributed by atoms with Gasteiger partial charge >= 0.3 is 0 Å². The number of nitrogens with zero attached hydrogens (tertiary/aromatic N) is 1. The molecule has 0 spiro atoms. The molecular formula is C19H18N2O4. The highest BCUT2D eigenvalue weighted by Crippen LogP contribution is 2.23. The summed E-state index contributed by atoms with van der Waals surface area (Å²) >= 11 is 0. The third-order valence-corrected chi connectivity index (χ3v) is 3.72. The zero-order valence-corrected chi connectivity index (χ0v) is 14.0. The first kappa shape index (κ1) is 16.6. The van der Waals surface area contributed by atoms with Crippen LogP contribution in [0, 0.1) is 0 Å². The minimum atomic E-state index is -0.230. The molecule has 0 saturated carbocycles. The van der Waals surface area contributed by atoms with Crippen LogP contribution in [-0.4, -0.2) is 25.3 Å². The summed E-state index contributed by atoms with van der Waals surface area (Å²) in [6.07, 6.45) is 0. The highest BCUT2D eigenvalue weighted by atomic mass is 16.5. The zero-order chi connectivity index (χ0) is 17.6. The number of benzene rings is 2. The Kier molecular flexibility index (Phi) is 4.99. The van der Waals surface area contributed by atoms with E-state index in [2.05, 4.69) is 10.5 Å². The number of hydrogen-bond acceptors (Lipinski definition) is 5. The summed E-state index contributed by atoms with van der Waals surface area (Å²) in [5, 5.41) is 6.80. The summed E-state index contributed by atoms with van der Waals surface area (Å²) in [6, 6.07) is 16.3. The summed E-state index contributed by atoms with van der Waals surface area (Å²) in [6.45, 7) is 0.260. The molecule has 0 unspecified atom stereocenters. The lowest BCUT2D eigenvalue weighted by atomic mass is 10.1. The van der Waals surface area contributed by atoms with Crippen molar-refractivity contribution in [2.75, 3.05) is 14.2 Å². The summed E-state index contributed by atoms with van der Waals surface area (Å²) in [5.74, 6) is 1.70. The van der Waals surface area contributed by atoms with Gasteiger partial charge in [-0.2, -0.15) is 0 Å². The smallest absolute Gasteiger partial charge is 0.255 e. The van der Waals surface area contributed by atoms with Gasteiger partial charge in [0.25, 0.3) is 5.91 Å². The number of nitrogens with one attached hydrogen (secondary N) is 1. The van der Waals surface area contributed by atoms with E-state index in [0.29, 0.717) is 22.8 Å². The van der Waals surface area contributed by atoms with E-state index in [4.69, 9.17) is 14.0 Å². The molecule has 1 N–H and O–H groups in total. The van der Waals surface area contributed by atoms with Crippen LogP contribution in [-0.2, 0) is 6.54 Å². The first-order valence-electron chi connectivity index (χ1n) is 7.72. The van der Waals surface area contributed by atoms with E-state index in [1.807, 2.05) is 30.3 Å². The molecule has 2 aromatic carbocycles. The highest BCUT2D eigenvalue weighted by Gasteiger charge is 2.13. The molecule has 6 heteroatoms. The second-order valence-electron chi connectivity index (χ2n) is 5.29. The van der Waals surface area contributed by atoms with Crippen LogP contribution in [0.5, 0.6) is 11.5 Å². The van der Waals surface area contributed by atoms with E-state index < -0.39 is 0 Å². The summed E-state index contributed by atoms with van der Waals surface area (Å²) in [4.78, 5) is 12.3. The lowest BCUT2D eigenvalue weighted by molar-refractivity contribution is 0.0947. The minimum absolute atomic E-state index is 0.230. The fourth-order valence-electron chi connectivity index (χ4n) is 2.38. The van der Waals surface area contributed by atoms with Crippen LogP contribution in [0.3, 0.4) is 0 Å². The maximum Gasteiger partial charge on any atom is 0.255 e. The summed E-state index contributed by atoms with van der Waals surface area (Å²) in [5.41, 5.74) is 1.99. The predicted molar refractivity (Wildman–Crippen MR) is 92.7 cm³/mol. The Balaban J connectivity index is 1.66. The molecule has 0 saturated heterocycles. The Hall–Kier alpha value is -3.28. The zero-order valence-electron chi connectivity index (χ0n) is 14.0. The van der Waals surface area contributed by atoms with Gasteiger partial charge in [-0.3, -0.25) is 4.79 Å². The fraction of sp³-hybridized carbons (Fsp3) is 0.158. The second kappa shape index (κ2) is 7.53. The van der Waals surface area contributed by atoms with E-state index in [0.717, 1.165) is 11.3 Å². The Morgan fingerprint density at radius 3 is 2.56 bits per heavy atom. The van der Waals surface area contributed by atoms with Crippen molar-refractivity contribution in [3.05, 3.63) is 65.9 Å². The average Bonchev–Trinajstić information content (AvgIpc) is 3.15. The van der Waals surface area contributed by atoms with Crippen molar-refractivity contribution in [3.63, 3.8) is 0 Å². The van der Waals surface area contributed by atoms with Gasteiger partial charge in [0.15, 0.2) is 5.76 Å². The molecule has 3 rings (SSSR count). The van der Waals surface area contributed by atoms with Crippen molar-refractivity contribution in [2.24, 2.45) is 0 Å². The van der Waals surface area contributed by atoms with E-state index in [1.165, 1.54) is 7.11 Å². The number of hydrogen-bond donors (Lipinski definition) is 1. The molecule has 3 aromatic rings. The standard InChI is InChI=1S/C19H18N2O4/c1-23-15-9-7-13(8-10-15)18-11-14(21-25-18)12-20-19(22)16-5-3-4-6-17(16)24-2/h3-11H,12H2,1-2H3,(H,20,22). The lowest BCUT2D eigenvalue weighted by Gasteiger charge is -2.07. The number of carbonyl (C=O) groups is 1. The van der Waals surface area contributed by atoms with Crippen molar-refractivity contribution in [3.8, 4) is 22.8 Å². The number of ether oxygens (including phenoxy) is 2. The normalized spacial score (nSPS) is 10.3. The Morgan fingerprint density at radius 2 is 1.84 bits per heavy atom. The van der Waals surface area contributed by atoms with Crippen molar-refractivity contribution < 1.29 is 18.8 Å². The first-order valence-corrected chi connectivity index (χ1v) is 7.72. The van der Waals surface area contributed by atoms with Crippen LogP contribution in [0.15, 0.2) is 59.1 Å². The molecule has 6 nitrogen and oxygen atoms in total. The number of para-hydroxylation sites is 1. The van der Waals surface area contributed by atoms with Crippen LogP contribution in [0.25, 0.3) is 11.3 Å². The fourth-order valence-corrected chi connectivity index (χ4v) is 2.38. The van der Waals surface area contributed by atoms with Gasteiger partial charge in [-0.1, -0.05) is 17.3 Å². The Labute approximate surface area is 145 Å². The quantitative estimate of drug-likeness (QED) is 0.746. The van der Waals surface area contributed by atoms with Crippen LogP contribution in [0.1, 0.15) is 16.1 Å². The predicted octanol–water partition coefficient (Wildman–Crippen LogP) is 3.29. The Bertz CT molecular complexity index is 856. The molecule has 1 heterocycles. The van der Waals surface area contributed by atoms with Crippen molar-refractivity contribution in [1.82, 2.24) is 10.5 Å². The molecule has 1 amide bonds. The van der Waals surface area contributed by atoms with Gasteiger partial charge in [-0.25, -0.2) is 0 Å². The number of methoxy groups -OCH3 is 2. The van der Waals surface area contributed by atoms with Crippen molar-refractivity contribution in [1.29, 1.82) is 0 Å². The van der Waals surface area contributed by atoms with Crippen molar-refractivity contribution in [2.45, 2.75) is 6.54 Å². The van der Waals surface area contributed by atoms with Crippen LogP contribution < -0.4 is 14.8 Å². The molecule has 25 heavy (non-hydrogen) atoms. The first-order chi connectivity index (χ1) is 12.2. The molecule has 128 valence electrons. The van der Waals surface area contributed by atoms with Gasteiger partial charge < -0.3 is 19.3 Å². The van der Waals surface area contributed by atoms with Gasteiger partial charge in [-0.05, 0) is 36.4 Å². The molecule has 0 aliphatic carbocycles. The molecule has 0 aliphatic heterocycles. The Morgan fingerprint density at radius 1 is 1.08 bits per heavy atom. The van der Waals surface area contributed by atoms with Gasteiger partial charge in [-0.15, -0.1) is 0 Å². The molecule has 0 radical (unpaired) electrons. The van der Waals surface area contributed by atoms with E-state index in [1.54, 1.807) is 31.4 Å². The second-order valence-corrected chi connectivity index (χ2v) is 5.29. The molecule has 0 atom stereocenters. The maximum absolute atomic E-state index is 12.3. The highest BCUT2D eigenvalue weighted by molar-refractivity contribution is 5.96. The lowest BCUT2D eigenvalue weighted by Crippen LogP contribution is -2.23. The van der Waals surface area contributed by atoms with E-state index in [-0.39, 0.29) is 12.5 Å². The van der Waals surface area contributed by atoms with E-state index >= 15 is 0 Å². The van der Waals surface area contributed by atoms with Crippen LogP contribution in [0.4, 0.5) is 0 Å². The van der Waals surface area contributed by atoms with Crippen LogP contribution >= 0.6 is 0 Å². The summed E-state index contributed by atoms with van der Waals surface area (Å²) in [7, 11) is 3.15. The van der Waals surface area contributed by atoms with Gasteiger partial charge in [0.05, 0.1) is 26.3 Å². The number of rotatable bonds is 6. The molecular weight excluding hydrogens is 320 g/mol. The average molecular weight is 338 g/mol. The third kappa shape index (κ3) is 3.80. The SMILES string of the molecule is COc1ccc(-c2cc(CNC(=O)c3ccccc3OC)no2)cc1. The van der Waals surface area contributed by atoms with Gasteiger partial charge in [0, 0.05) is 11.6 Å². The number of carbonyl (C=O) groups excluding carboxylic acids is 1. The van der Waals surface area contributed by atoms with Crippen LogP contribution in [0.2, 0.25) is 0 Å². The molecule has 0 fully saturated rings. The van der Waals surface area contributed by atoms with Gasteiger partial charge in [0.2, 0.25) is 0 Å². The monoisotopic (exact) mass is 338 g/mol. The van der Waals surface area contributed by atoms with E-state index in [9.17, 15) is 4.79 Å². The molecule has 0 aliphatic rings. The largest absolute Gasteiger partial charge is 0.497 e. The van der Waals surface area contributed by atoms with Crippen molar-refractivity contribution >= 4 is 5.91 Å². The molecule has 1 aromatic heterocycles. The number of amides is 1. The van der Waals surface area contributed by atoms with Gasteiger partial charge in [0.1, 0.15) is 17.2 Å².